The van der Waals surface area contributed by atoms with Gasteiger partial charge in [-0.25, -0.2) is 0 Å². The second kappa shape index (κ2) is 10.5. The Hall–Kier alpha value is -5.64. The Morgan fingerprint density at radius 3 is 2.02 bits per heavy atom. The van der Waals surface area contributed by atoms with Crippen molar-refractivity contribution in [3.05, 3.63) is 180 Å². The lowest BCUT2D eigenvalue weighted by atomic mass is 9.97. The predicted molar refractivity (Wildman–Crippen MR) is 188 cm³/mol. The number of para-hydroxylation sites is 1. The largest absolute Gasteiger partial charge is 0.366 e. The number of hydrogen-bond donors (Lipinski definition) is 2. The van der Waals surface area contributed by atoms with Gasteiger partial charge in [-0.3, -0.25) is 5.32 Å². The summed E-state index contributed by atoms with van der Waals surface area (Å²) in [6.07, 6.45) is 2.25. The summed E-state index contributed by atoms with van der Waals surface area (Å²) < 4.78 is 2.44. The molecule has 1 aromatic heterocycles. The number of nitrogens with zero attached hydrogens (tertiary/aromatic N) is 1. The molecule has 214 valence electrons. The second-order valence-electron chi connectivity index (χ2n) is 11.9. The van der Waals surface area contributed by atoms with E-state index in [2.05, 4.69) is 179 Å². The Kier molecular flexibility index (Phi) is 6.03. The van der Waals surface area contributed by atoms with E-state index in [0.29, 0.717) is 0 Å². The van der Waals surface area contributed by atoms with Gasteiger partial charge in [-0.1, -0.05) is 127 Å². The van der Waals surface area contributed by atoms with Crippen molar-refractivity contribution in [1.29, 1.82) is 0 Å². The maximum atomic E-state index is 3.87. The van der Waals surface area contributed by atoms with Gasteiger partial charge in [-0.15, -0.1) is 0 Å². The molecule has 1 aliphatic heterocycles. The molecule has 2 heterocycles. The summed E-state index contributed by atoms with van der Waals surface area (Å²) in [6, 6.07) is 57.0. The summed E-state index contributed by atoms with van der Waals surface area (Å²) in [6.45, 7) is 0. The molecule has 2 atom stereocenters. The van der Waals surface area contributed by atoms with Crippen molar-refractivity contribution < 1.29 is 0 Å². The van der Waals surface area contributed by atoms with E-state index >= 15 is 0 Å². The molecule has 45 heavy (non-hydrogen) atoms. The standard InChI is InChI=1S/C42H31N3/c1-3-12-28(13-4-1)37-27-38(29-14-5-2-6-15-29)44-42(43-37)33-22-23-34-32(24-33)18-11-21-39(34)45-40-20-10-9-19-35(40)36-25-30-16-7-8-17-31(30)26-41(36)45/h1-27,37,42-44H. The topological polar surface area (TPSA) is 29.0 Å². The Bertz CT molecular complexity index is 2390. The van der Waals surface area contributed by atoms with Crippen LogP contribution in [0.4, 0.5) is 0 Å². The Balaban J connectivity index is 1.18. The Morgan fingerprint density at radius 1 is 0.467 bits per heavy atom. The van der Waals surface area contributed by atoms with Crippen molar-refractivity contribution in [2.75, 3.05) is 0 Å². The molecule has 9 rings (SSSR count). The maximum absolute atomic E-state index is 3.87. The zero-order valence-corrected chi connectivity index (χ0v) is 24.7. The highest BCUT2D eigenvalue weighted by molar-refractivity contribution is 6.14. The fourth-order valence-corrected chi connectivity index (χ4v) is 7.04. The van der Waals surface area contributed by atoms with Gasteiger partial charge in [0.25, 0.3) is 0 Å². The molecule has 3 nitrogen and oxygen atoms in total. The molecule has 3 heteroatoms. The summed E-state index contributed by atoms with van der Waals surface area (Å²) in [5, 5.41) is 15.2. The summed E-state index contributed by atoms with van der Waals surface area (Å²) in [7, 11) is 0. The van der Waals surface area contributed by atoms with Crippen molar-refractivity contribution in [3.63, 3.8) is 0 Å². The van der Waals surface area contributed by atoms with Crippen LogP contribution in [0.1, 0.15) is 28.9 Å². The lowest BCUT2D eigenvalue weighted by molar-refractivity contribution is 0.443. The van der Waals surface area contributed by atoms with Crippen LogP contribution in [0.15, 0.2) is 164 Å². The van der Waals surface area contributed by atoms with E-state index in [-0.39, 0.29) is 12.2 Å². The molecule has 0 saturated heterocycles. The average molecular weight is 578 g/mol. The van der Waals surface area contributed by atoms with Crippen molar-refractivity contribution in [2.24, 2.45) is 0 Å². The molecule has 0 aliphatic carbocycles. The van der Waals surface area contributed by atoms with Gasteiger partial charge in [0.1, 0.15) is 6.17 Å². The number of hydrogen-bond acceptors (Lipinski definition) is 2. The Morgan fingerprint density at radius 2 is 1.18 bits per heavy atom. The van der Waals surface area contributed by atoms with E-state index in [9.17, 15) is 0 Å². The third kappa shape index (κ3) is 4.40. The highest BCUT2D eigenvalue weighted by atomic mass is 15.2. The molecule has 0 amide bonds. The van der Waals surface area contributed by atoms with Crippen LogP contribution in [-0.2, 0) is 0 Å². The van der Waals surface area contributed by atoms with Gasteiger partial charge in [-0.2, -0.15) is 0 Å². The lowest BCUT2D eigenvalue weighted by Gasteiger charge is -2.33. The number of aromatic nitrogens is 1. The smallest absolute Gasteiger partial charge is 0.104 e. The fraction of sp³-hybridized carbons (Fsp3) is 0.0476. The Labute approximate surface area is 262 Å². The third-order valence-corrected chi connectivity index (χ3v) is 9.22. The van der Waals surface area contributed by atoms with Crippen molar-refractivity contribution in [1.82, 2.24) is 15.2 Å². The van der Waals surface area contributed by atoms with Gasteiger partial charge in [0.05, 0.1) is 22.8 Å². The average Bonchev–Trinajstić information content (AvgIpc) is 3.43. The number of benzene rings is 7. The number of fused-ring (bicyclic) bond motifs is 5. The van der Waals surface area contributed by atoms with Gasteiger partial charge < -0.3 is 9.88 Å². The molecule has 7 aromatic carbocycles. The molecule has 0 saturated carbocycles. The maximum Gasteiger partial charge on any atom is 0.104 e. The third-order valence-electron chi connectivity index (χ3n) is 9.22. The van der Waals surface area contributed by atoms with Crippen molar-refractivity contribution in [2.45, 2.75) is 12.2 Å². The molecule has 2 unspecified atom stereocenters. The van der Waals surface area contributed by atoms with E-state index in [0.717, 1.165) is 5.70 Å². The molecular weight excluding hydrogens is 546 g/mol. The summed E-state index contributed by atoms with van der Waals surface area (Å²) in [5.41, 5.74) is 8.42. The van der Waals surface area contributed by atoms with Gasteiger partial charge >= 0.3 is 0 Å². The van der Waals surface area contributed by atoms with E-state index < -0.39 is 0 Å². The van der Waals surface area contributed by atoms with Crippen LogP contribution >= 0.6 is 0 Å². The minimum atomic E-state index is -0.0527. The van der Waals surface area contributed by atoms with Crippen LogP contribution < -0.4 is 10.6 Å². The molecule has 0 fully saturated rings. The zero-order valence-electron chi connectivity index (χ0n) is 24.7. The monoisotopic (exact) mass is 577 g/mol. The first-order valence-electron chi connectivity index (χ1n) is 15.6. The van der Waals surface area contributed by atoms with Gasteiger partial charge in [0.15, 0.2) is 0 Å². The molecule has 0 radical (unpaired) electrons. The van der Waals surface area contributed by atoms with Crippen molar-refractivity contribution in [3.8, 4) is 5.69 Å². The normalized spacial score (nSPS) is 16.7. The minimum Gasteiger partial charge on any atom is -0.366 e. The highest BCUT2D eigenvalue weighted by Crippen LogP contribution is 2.38. The van der Waals surface area contributed by atoms with Gasteiger partial charge in [0, 0.05) is 21.9 Å². The first kappa shape index (κ1) is 25.8. The lowest BCUT2D eigenvalue weighted by Crippen LogP contribution is -2.39. The van der Waals surface area contributed by atoms with Crippen LogP contribution in [0.5, 0.6) is 0 Å². The predicted octanol–water partition coefficient (Wildman–Crippen LogP) is 10.1. The van der Waals surface area contributed by atoms with E-state index in [1.54, 1.807) is 0 Å². The molecule has 2 N–H and O–H groups in total. The SMILES string of the molecule is C1=C(c2ccccc2)NC(c2ccc3c(-n4c5ccccc5c5cc6ccccc6cc54)cccc3c2)NC1c1ccccc1. The highest BCUT2D eigenvalue weighted by Gasteiger charge is 2.24. The number of nitrogens with one attached hydrogen (secondary N) is 2. The van der Waals surface area contributed by atoms with Gasteiger partial charge in [0.2, 0.25) is 0 Å². The zero-order chi connectivity index (χ0) is 29.7. The van der Waals surface area contributed by atoms with Crippen molar-refractivity contribution >= 4 is 49.0 Å². The molecule has 0 spiro atoms. The van der Waals surface area contributed by atoms with Gasteiger partial charge in [-0.05, 0) is 69.3 Å². The molecule has 0 bridgehead atoms. The summed E-state index contributed by atoms with van der Waals surface area (Å²) in [5.74, 6) is 0. The second-order valence-corrected chi connectivity index (χ2v) is 11.9. The van der Waals surface area contributed by atoms with Crippen LogP contribution in [0.2, 0.25) is 0 Å². The van der Waals surface area contributed by atoms with E-state index in [1.807, 2.05) is 0 Å². The minimum absolute atomic E-state index is 0.0527. The van der Waals surface area contributed by atoms with Crippen LogP contribution in [0.3, 0.4) is 0 Å². The summed E-state index contributed by atoms with van der Waals surface area (Å²) >= 11 is 0. The first-order chi connectivity index (χ1) is 22.3. The summed E-state index contributed by atoms with van der Waals surface area (Å²) in [4.78, 5) is 0. The first-order valence-corrected chi connectivity index (χ1v) is 15.6. The van der Waals surface area contributed by atoms with Crippen LogP contribution in [-0.4, -0.2) is 4.57 Å². The fourth-order valence-electron chi connectivity index (χ4n) is 7.04. The quantitative estimate of drug-likeness (QED) is 0.218. The molecule has 1 aliphatic rings. The van der Waals surface area contributed by atoms with Crippen LogP contribution in [0.25, 0.3) is 54.7 Å². The van der Waals surface area contributed by atoms with E-state index in [4.69, 9.17) is 0 Å². The molecule has 8 aromatic rings. The van der Waals surface area contributed by atoms with E-state index in [1.165, 1.54) is 65.7 Å². The number of rotatable bonds is 4. The van der Waals surface area contributed by atoms with Crippen LogP contribution in [0, 0.1) is 0 Å². The molecular formula is C42H31N3.